The fourth-order valence-electron chi connectivity index (χ4n) is 1.10. The minimum atomic E-state index is 1.16. The van der Waals surface area contributed by atoms with Crippen LogP contribution < -0.4 is 0 Å². The molecule has 0 radical (unpaired) electrons. The molecule has 0 amide bonds. The van der Waals surface area contributed by atoms with Gasteiger partial charge in [-0.1, -0.05) is 12.2 Å². The van der Waals surface area contributed by atoms with Gasteiger partial charge in [0.1, 0.15) is 0 Å². The van der Waals surface area contributed by atoms with Crippen LogP contribution in [0.2, 0.25) is 0 Å². The van der Waals surface area contributed by atoms with Crippen molar-refractivity contribution in [1.29, 1.82) is 0 Å². The van der Waals surface area contributed by atoms with E-state index in [0.717, 1.165) is 6.42 Å². The SMILES string of the molecule is CC=CCCCc1ccc[nH]1. The van der Waals surface area contributed by atoms with Crippen molar-refractivity contribution in [3.05, 3.63) is 36.2 Å². The van der Waals surface area contributed by atoms with Crippen LogP contribution in [0, 0.1) is 0 Å². The summed E-state index contributed by atoms with van der Waals surface area (Å²) in [6.45, 7) is 2.06. The second-order valence-electron chi connectivity index (χ2n) is 2.66. The van der Waals surface area contributed by atoms with Gasteiger partial charge in [-0.25, -0.2) is 0 Å². The molecule has 11 heavy (non-hydrogen) atoms. The third-order valence-corrected chi connectivity index (χ3v) is 1.71. The first kappa shape index (κ1) is 8.12. The smallest absolute Gasteiger partial charge is 0.0147 e. The number of hydrogen-bond acceptors (Lipinski definition) is 0. The van der Waals surface area contributed by atoms with Crippen LogP contribution in [0.25, 0.3) is 0 Å². The normalized spacial score (nSPS) is 11.0. The first-order valence-corrected chi connectivity index (χ1v) is 4.17. The number of H-pyrrole nitrogens is 1. The van der Waals surface area contributed by atoms with Gasteiger partial charge in [-0.3, -0.25) is 0 Å². The molecule has 1 aromatic heterocycles. The molecular formula is C10H15N. The summed E-state index contributed by atoms with van der Waals surface area (Å²) in [5.74, 6) is 0. The lowest BCUT2D eigenvalue weighted by Crippen LogP contribution is -1.82. The van der Waals surface area contributed by atoms with E-state index in [1.54, 1.807) is 0 Å². The van der Waals surface area contributed by atoms with Gasteiger partial charge in [-0.15, -0.1) is 0 Å². The zero-order valence-electron chi connectivity index (χ0n) is 7.01. The molecule has 1 N–H and O–H groups in total. The third-order valence-electron chi connectivity index (χ3n) is 1.71. The fourth-order valence-corrected chi connectivity index (χ4v) is 1.10. The highest BCUT2D eigenvalue weighted by Gasteiger charge is 1.89. The third kappa shape index (κ3) is 3.08. The standard InChI is InChI=1S/C10H15N/c1-2-3-4-5-7-10-8-6-9-11-10/h2-3,6,8-9,11H,4-5,7H2,1H3. The Balaban J connectivity index is 2.14. The van der Waals surface area contributed by atoms with Crippen molar-refractivity contribution in [3.63, 3.8) is 0 Å². The van der Waals surface area contributed by atoms with Crippen molar-refractivity contribution in [3.8, 4) is 0 Å². The fraction of sp³-hybridized carbons (Fsp3) is 0.400. The Kier molecular flexibility index (Phi) is 3.53. The monoisotopic (exact) mass is 149 g/mol. The highest BCUT2D eigenvalue weighted by molar-refractivity contribution is 5.03. The second-order valence-corrected chi connectivity index (χ2v) is 2.66. The van der Waals surface area contributed by atoms with Gasteiger partial charge < -0.3 is 4.98 Å². The molecule has 0 unspecified atom stereocenters. The molecule has 1 aromatic rings. The average Bonchev–Trinajstić information content (AvgIpc) is 2.50. The van der Waals surface area contributed by atoms with Crippen LogP contribution in [0.15, 0.2) is 30.5 Å². The summed E-state index contributed by atoms with van der Waals surface area (Å²) in [5.41, 5.74) is 1.34. The molecule has 0 saturated carbocycles. The van der Waals surface area contributed by atoms with E-state index in [9.17, 15) is 0 Å². The van der Waals surface area contributed by atoms with E-state index in [2.05, 4.69) is 30.1 Å². The van der Waals surface area contributed by atoms with Gasteiger partial charge in [0.05, 0.1) is 0 Å². The molecule has 1 heteroatoms. The summed E-state index contributed by atoms with van der Waals surface area (Å²) >= 11 is 0. The predicted molar refractivity (Wildman–Crippen MR) is 48.5 cm³/mol. The van der Waals surface area contributed by atoms with E-state index < -0.39 is 0 Å². The van der Waals surface area contributed by atoms with Crippen LogP contribution in [0.1, 0.15) is 25.5 Å². The van der Waals surface area contributed by atoms with Crippen LogP contribution >= 0.6 is 0 Å². The van der Waals surface area contributed by atoms with Crippen LogP contribution in [0.3, 0.4) is 0 Å². The molecule has 0 aromatic carbocycles. The average molecular weight is 149 g/mol. The molecule has 0 bridgehead atoms. The number of rotatable bonds is 4. The van der Waals surface area contributed by atoms with E-state index in [1.807, 2.05) is 12.3 Å². The molecule has 0 aliphatic carbocycles. The van der Waals surface area contributed by atoms with Gasteiger partial charge in [0.25, 0.3) is 0 Å². The first-order chi connectivity index (χ1) is 5.43. The summed E-state index contributed by atoms with van der Waals surface area (Å²) < 4.78 is 0. The lowest BCUT2D eigenvalue weighted by Gasteiger charge is -1.93. The van der Waals surface area contributed by atoms with Crippen molar-refractivity contribution >= 4 is 0 Å². The molecular weight excluding hydrogens is 134 g/mol. The topological polar surface area (TPSA) is 15.8 Å². The maximum absolute atomic E-state index is 3.19. The lowest BCUT2D eigenvalue weighted by molar-refractivity contribution is 0.823. The van der Waals surface area contributed by atoms with Gasteiger partial charge in [0, 0.05) is 11.9 Å². The van der Waals surface area contributed by atoms with Crippen molar-refractivity contribution in [1.82, 2.24) is 4.98 Å². The van der Waals surface area contributed by atoms with Gasteiger partial charge in [-0.05, 0) is 38.3 Å². The minimum Gasteiger partial charge on any atom is -0.365 e. The molecule has 1 nitrogen and oxygen atoms in total. The molecule has 0 saturated heterocycles. The number of hydrogen-bond donors (Lipinski definition) is 1. The first-order valence-electron chi connectivity index (χ1n) is 4.17. The zero-order valence-corrected chi connectivity index (χ0v) is 7.01. The van der Waals surface area contributed by atoms with Crippen molar-refractivity contribution in [2.75, 3.05) is 0 Å². The Bertz CT molecular complexity index is 197. The Labute approximate surface area is 68.1 Å². The number of aryl methyl sites for hydroxylation is 1. The van der Waals surface area contributed by atoms with E-state index >= 15 is 0 Å². The number of nitrogens with one attached hydrogen (secondary N) is 1. The lowest BCUT2D eigenvalue weighted by atomic mass is 10.2. The van der Waals surface area contributed by atoms with Crippen molar-refractivity contribution in [2.24, 2.45) is 0 Å². The summed E-state index contributed by atoms with van der Waals surface area (Å²) in [5, 5.41) is 0. The van der Waals surface area contributed by atoms with Gasteiger partial charge >= 0.3 is 0 Å². The summed E-state index contributed by atoms with van der Waals surface area (Å²) in [6, 6.07) is 4.18. The van der Waals surface area contributed by atoms with E-state index in [0.29, 0.717) is 0 Å². The Hall–Kier alpha value is -0.980. The van der Waals surface area contributed by atoms with Crippen LogP contribution in [-0.4, -0.2) is 4.98 Å². The van der Waals surface area contributed by atoms with Crippen molar-refractivity contribution in [2.45, 2.75) is 26.2 Å². The van der Waals surface area contributed by atoms with Crippen LogP contribution in [-0.2, 0) is 6.42 Å². The van der Waals surface area contributed by atoms with Gasteiger partial charge in [0.2, 0.25) is 0 Å². The highest BCUT2D eigenvalue weighted by Crippen LogP contribution is 2.01. The van der Waals surface area contributed by atoms with Gasteiger partial charge in [-0.2, -0.15) is 0 Å². The number of allylic oxidation sites excluding steroid dienone is 2. The summed E-state index contributed by atoms with van der Waals surface area (Å²) in [4.78, 5) is 3.19. The summed E-state index contributed by atoms with van der Waals surface area (Å²) in [6.07, 6.45) is 9.89. The maximum atomic E-state index is 3.19. The highest BCUT2D eigenvalue weighted by atomic mass is 14.7. The quantitative estimate of drug-likeness (QED) is 0.500. The molecule has 0 atom stereocenters. The molecule has 60 valence electrons. The Morgan fingerprint density at radius 3 is 3.09 bits per heavy atom. The minimum absolute atomic E-state index is 1.16. The molecule has 0 spiro atoms. The van der Waals surface area contributed by atoms with E-state index in [-0.39, 0.29) is 0 Å². The molecule has 0 aliphatic heterocycles. The summed E-state index contributed by atoms with van der Waals surface area (Å²) in [7, 11) is 0. The van der Waals surface area contributed by atoms with Crippen molar-refractivity contribution < 1.29 is 0 Å². The molecule has 0 aliphatic rings. The largest absolute Gasteiger partial charge is 0.365 e. The number of unbranched alkanes of at least 4 members (excludes halogenated alkanes) is 1. The predicted octanol–water partition coefficient (Wildman–Crippen LogP) is 2.91. The molecule has 0 fully saturated rings. The van der Waals surface area contributed by atoms with E-state index in [1.165, 1.54) is 18.5 Å². The zero-order chi connectivity index (χ0) is 7.94. The second kappa shape index (κ2) is 4.78. The Morgan fingerprint density at radius 1 is 1.55 bits per heavy atom. The molecule has 1 rings (SSSR count). The molecule has 1 heterocycles. The van der Waals surface area contributed by atoms with Gasteiger partial charge in [0.15, 0.2) is 0 Å². The number of aromatic nitrogens is 1. The maximum Gasteiger partial charge on any atom is 0.0147 e. The van der Waals surface area contributed by atoms with E-state index in [4.69, 9.17) is 0 Å². The van der Waals surface area contributed by atoms with Crippen LogP contribution in [0.5, 0.6) is 0 Å². The Morgan fingerprint density at radius 2 is 2.45 bits per heavy atom. The number of aromatic amines is 1. The van der Waals surface area contributed by atoms with Crippen LogP contribution in [0.4, 0.5) is 0 Å².